The molecule has 2 aromatic carbocycles. The van der Waals surface area contributed by atoms with E-state index in [1.165, 1.54) is 29.4 Å². The van der Waals surface area contributed by atoms with Crippen LogP contribution < -0.4 is 9.75 Å². The van der Waals surface area contributed by atoms with Crippen molar-refractivity contribution in [3.05, 3.63) is 53.5 Å². The lowest BCUT2D eigenvalue weighted by Gasteiger charge is -2.36. The fourth-order valence-corrected chi connectivity index (χ4v) is 7.80. The molecule has 4 aromatic rings. The largest absolute Gasteiger partial charge is 0.461 e. The molecule has 3 saturated heterocycles. The van der Waals surface area contributed by atoms with E-state index < -0.39 is 40.9 Å². The minimum atomic E-state index is -0.975. The minimum absolute atomic E-state index is 0.0870. The Balaban J connectivity index is 1.40. The van der Waals surface area contributed by atoms with Gasteiger partial charge in [-0.25, -0.2) is 27.4 Å². The van der Waals surface area contributed by atoms with E-state index >= 15 is 13.2 Å². The van der Waals surface area contributed by atoms with Crippen LogP contribution in [-0.4, -0.2) is 81.1 Å². The molecule has 0 bridgehead atoms. The quantitative estimate of drug-likeness (QED) is 0.188. The molecule has 5 heterocycles. The molecule has 0 unspecified atom stereocenters. The van der Waals surface area contributed by atoms with Gasteiger partial charge in [0, 0.05) is 37.8 Å². The number of amides is 1. The summed E-state index contributed by atoms with van der Waals surface area (Å²) in [6.07, 6.45) is 4.36. The van der Waals surface area contributed by atoms with Crippen molar-refractivity contribution >= 4 is 33.6 Å². The monoisotopic (exact) mass is 694 g/mol. The number of ether oxygens (including phenoxy) is 2. The van der Waals surface area contributed by atoms with Crippen molar-refractivity contribution in [2.45, 2.75) is 90.0 Å². The number of rotatable bonds is 6. The Morgan fingerprint density at radius 1 is 1.04 bits per heavy atom. The second-order valence-corrected chi connectivity index (χ2v) is 14.6. The van der Waals surface area contributed by atoms with Crippen molar-refractivity contribution in [1.82, 2.24) is 24.9 Å². The number of alkyl halides is 1. The Morgan fingerprint density at radius 3 is 2.62 bits per heavy atom. The van der Waals surface area contributed by atoms with E-state index in [2.05, 4.69) is 14.9 Å². The number of carbonyl (C=O) groups is 1. The van der Waals surface area contributed by atoms with Crippen molar-refractivity contribution in [2.75, 3.05) is 37.8 Å². The normalized spacial score (nSPS) is 21.6. The fourth-order valence-electron chi connectivity index (χ4n) is 7.80. The second kappa shape index (κ2) is 13.1. The number of carbonyl (C=O) groups excluding carboxylic acids is 1. The third-order valence-electron chi connectivity index (χ3n) is 10.00. The van der Waals surface area contributed by atoms with Crippen molar-refractivity contribution in [3.8, 4) is 17.3 Å². The average Bonchev–Trinajstić information content (AvgIpc) is 3.46. The van der Waals surface area contributed by atoms with E-state index in [1.807, 2.05) is 0 Å². The third kappa shape index (κ3) is 6.29. The molecule has 1 amide bonds. The van der Waals surface area contributed by atoms with Gasteiger partial charge < -0.3 is 9.47 Å². The molecule has 13 heteroatoms. The van der Waals surface area contributed by atoms with Gasteiger partial charge in [0.05, 0.1) is 10.9 Å². The molecule has 7 rings (SSSR count). The summed E-state index contributed by atoms with van der Waals surface area (Å²) in [4.78, 5) is 29.4. The van der Waals surface area contributed by atoms with Crippen molar-refractivity contribution in [3.63, 3.8) is 0 Å². The molecule has 0 radical (unpaired) electrons. The number of pyridine rings is 1. The number of hydrogen-bond donors (Lipinski definition) is 0. The number of aromatic nitrogens is 3. The van der Waals surface area contributed by atoms with Gasteiger partial charge in [-0.3, -0.25) is 14.9 Å². The number of hydrazine groups is 1. The lowest BCUT2D eigenvalue weighted by atomic mass is 9.94. The zero-order valence-corrected chi connectivity index (χ0v) is 28.9. The van der Waals surface area contributed by atoms with Gasteiger partial charge in [-0.05, 0) is 100 Å². The summed E-state index contributed by atoms with van der Waals surface area (Å²) in [7, 11) is 0. The molecule has 2 aromatic heterocycles. The molecule has 0 spiro atoms. The first-order valence-electron chi connectivity index (χ1n) is 17.4. The summed E-state index contributed by atoms with van der Waals surface area (Å²) in [5, 5.41) is 4.09. The van der Waals surface area contributed by atoms with Crippen LogP contribution in [0.2, 0.25) is 0 Å². The highest BCUT2D eigenvalue weighted by Crippen LogP contribution is 2.42. The van der Waals surface area contributed by atoms with E-state index in [9.17, 15) is 9.18 Å². The summed E-state index contributed by atoms with van der Waals surface area (Å²) in [6.45, 7) is 9.00. The summed E-state index contributed by atoms with van der Waals surface area (Å²) >= 11 is 0. The van der Waals surface area contributed by atoms with Crippen molar-refractivity contribution < 1.29 is 31.8 Å². The van der Waals surface area contributed by atoms with Gasteiger partial charge in [-0.1, -0.05) is 13.0 Å². The van der Waals surface area contributed by atoms with E-state index in [0.29, 0.717) is 55.2 Å². The van der Waals surface area contributed by atoms with Gasteiger partial charge in [-0.2, -0.15) is 9.97 Å². The molecule has 50 heavy (non-hydrogen) atoms. The molecule has 2 atom stereocenters. The van der Waals surface area contributed by atoms with E-state index in [1.54, 1.807) is 32.7 Å². The summed E-state index contributed by atoms with van der Waals surface area (Å²) in [5.74, 6) is -1.80. The smallest absolute Gasteiger partial charge is 0.429 e. The summed E-state index contributed by atoms with van der Waals surface area (Å²) in [5.41, 5.74) is -1.27. The number of fused-ring (bicyclic) bond motifs is 3. The first-order chi connectivity index (χ1) is 23.9. The van der Waals surface area contributed by atoms with Gasteiger partial charge >= 0.3 is 12.1 Å². The Morgan fingerprint density at radius 2 is 1.84 bits per heavy atom. The molecule has 3 fully saturated rings. The highest BCUT2D eigenvalue weighted by Gasteiger charge is 2.49. The molecule has 3 aliphatic rings. The fraction of sp³-hybridized carbons (Fsp3) is 0.514. The Bertz CT molecular complexity index is 1950. The number of aryl methyl sites for hydroxylation is 1. The van der Waals surface area contributed by atoms with Crippen LogP contribution in [0, 0.1) is 17.5 Å². The van der Waals surface area contributed by atoms with Crippen molar-refractivity contribution in [1.29, 1.82) is 0 Å². The second-order valence-electron chi connectivity index (χ2n) is 14.6. The van der Waals surface area contributed by atoms with Gasteiger partial charge in [0.25, 0.3) is 0 Å². The maximum Gasteiger partial charge on any atom is 0.429 e. The van der Waals surface area contributed by atoms with E-state index in [0.717, 1.165) is 31.9 Å². The third-order valence-corrected chi connectivity index (χ3v) is 10.00. The number of nitrogens with zero attached hydrogens (tertiary/aromatic N) is 6. The standard InChI is InChI=1S/C37H42F4N6O3/c1-5-25-28(40)11-10-22-16-23(38)17-26(29(22)25)31-30(41)32-27(19-42-31)33(46-14-7-6-8-15-47(46)35(48)50-36(2,3)4)44-34(43-32)49-21-37-12-9-13-45(37)20-24(39)18-37/h10-11,16-17,19,24H,5-9,12-15,18,20-21H2,1-4H3/t24-,37+/m1/s1. The van der Waals surface area contributed by atoms with Crippen LogP contribution in [0.15, 0.2) is 30.5 Å². The van der Waals surface area contributed by atoms with Gasteiger partial charge in [0.15, 0.2) is 11.6 Å². The highest BCUT2D eigenvalue weighted by atomic mass is 19.1. The Kier molecular flexibility index (Phi) is 8.98. The van der Waals surface area contributed by atoms with Crippen molar-refractivity contribution in [2.24, 2.45) is 0 Å². The van der Waals surface area contributed by atoms with Gasteiger partial charge in [0.1, 0.15) is 41.2 Å². The van der Waals surface area contributed by atoms with Gasteiger partial charge in [-0.15, -0.1) is 0 Å². The van der Waals surface area contributed by atoms with Crippen LogP contribution in [0.4, 0.5) is 28.2 Å². The molecule has 9 nitrogen and oxygen atoms in total. The zero-order valence-electron chi connectivity index (χ0n) is 28.9. The maximum atomic E-state index is 17.0. The summed E-state index contributed by atoms with van der Waals surface area (Å²) < 4.78 is 73.7. The van der Waals surface area contributed by atoms with Crippen LogP contribution in [0.25, 0.3) is 32.9 Å². The highest BCUT2D eigenvalue weighted by molar-refractivity contribution is 6.01. The number of benzene rings is 2. The molecule has 0 aliphatic carbocycles. The summed E-state index contributed by atoms with van der Waals surface area (Å²) in [6, 6.07) is 5.02. The predicted octanol–water partition coefficient (Wildman–Crippen LogP) is 7.92. The molecule has 266 valence electrons. The number of halogens is 4. The number of hydrogen-bond acceptors (Lipinski definition) is 8. The SMILES string of the molecule is CCc1c(F)ccc2cc(F)cc(-c3ncc4c(N5CCCCCN5C(=O)OC(C)(C)C)nc(OC[C@@]56CCCN5C[C@H](F)C6)nc4c3F)c12. The average molecular weight is 695 g/mol. The predicted molar refractivity (Wildman–Crippen MR) is 182 cm³/mol. The first-order valence-corrected chi connectivity index (χ1v) is 17.4. The van der Waals surface area contributed by atoms with Gasteiger partial charge in [0.2, 0.25) is 0 Å². The van der Waals surface area contributed by atoms with E-state index in [4.69, 9.17) is 14.5 Å². The molecule has 0 N–H and O–H groups in total. The number of anilines is 1. The van der Waals surface area contributed by atoms with Crippen LogP contribution in [0.3, 0.4) is 0 Å². The van der Waals surface area contributed by atoms with Crippen LogP contribution in [0.1, 0.15) is 71.8 Å². The lowest BCUT2D eigenvalue weighted by Crippen LogP contribution is -2.49. The first kappa shape index (κ1) is 34.2. The maximum absolute atomic E-state index is 17.0. The lowest BCUT2D eigenvalue weighted by molar-refractivity contribution is 0.0232. The topological polar surface area (TPSA) is 83.9 Å². The molecular formula is C37H42F4N6O3. The Hall–Kier alpha value is -4.26. The van der Waals surface area contributed by atoms with Crippen LogP contribution in [-0.2, 0) is 11.2 Å². The Labute approximate surface area is 288 Å². The van der Waals surface area contributed by atoms with Crippen LogP contribution >= 0.6 is 0 Å². The minimum Gasteiger partial charge on any atom is -0.461 e. The zero-order chi connectivity index (χ0) is 35.4. The molecular weight excluding hydrogens is 652 g/mol. The van der Waals surface area contributed by atoms with E-state index in [-0.39, 0.29) is 47.0 Å². The van der Waals surface area contributed by atoms with Crippen LogP contribution in [0.5, 0.6) is 6.01 Å². The molecule has 3 aliphatic heterocycles. The molecule has 0 saturated carbocycles.